The standard InChI is InChI=1S/C25H22Cl4N2O4/c26-12-11-21(22(32)14-5-8-16(27)9-6-14)30(23(33)15-7-10-19(28)20(29)13-15)31-24(34)17-3-1-2-4-18(17)25(31)35/h5-10,13,17-18,21H,1-4,11-12H2. The second kappa shape index (κ2) is 10.9. The highest BCUT2D eigenvalue weighted by molar-refractivity contribution is 6.42. The van der Waals surface area contributed by atoms with Crippen molar-refractivity contribution in [2.75, 3.05) is 5.88 Å². The van der Waals surface area contributed by atoms with Crippen LogP contribution in [0.3, 0.4) is 0 Å². The summed E-state index contributed by atoms with van der Waals surface area (Å²) in [6.45, 7) is 0. The Labute approximate surface area is 223 Å². The number of fused-ring (bicyclic) bond motifs is 1. The Morgan fingerprint density at radius 3 is 2.00 bits per heavy atom. The maximum Gasteiger partial charge on any atom is 0.273 e. The third kappa shape index (κ3) is 5.08. The van der Waals surface area contributed by atoms with Crippen molar-refractivity contribution >= 4 is 69.9 Å². The molecule has 0 spiro atoms. The Morgan fingerprint density at radius 2 is 1.46 bits per heavy atom. The van der Waals surface area contributed by atoms with Gasteiger partial charge in [0, 0.05) is 22.0 Å². The molecule has 1 saturated heterocycles. The summed E-state index contributed by atoms with van der Waals surface area (Å²) in [6, 6.07) is 9.19. The number of rotatable bonds is 7. The fourth-order valence-corrected chi connectivity index (χ4v) is 5.40. The Hall–Kier alpha value is -2.12. The lowest BCUT2D eigenvalue weighted by Crippen LogP contribution is -2.57. The Balaban J connectivity index is 1.81. The topological polar surface area (TPSA) is 74.8 Å². The molecule has 35 heavy (non-hydrogen) atoms. The molecule has 1 aliphatic carbocycles. The largest absolute Gasteiger partial charge is 0.292 e. The average molecular weight is 556 g/mol. The number of hydrogen-bond acceptors (Lipinski definition) is 4. The smallest absolute Gasteiger partial charge is 0.273 e. The van der Waals surface area contributed by atoms with E-state index in [-0.39, 0.29) is 33.5 Å². The van der Waals surface area contributed by atoms with Crippen LogP contribution < -0.4 is 0 Å². The van der Waals surface area contributed by atoms with E-state index in [1.165, 1.54) is 30.3 Å². The minimum Gasteiger partial charge on any atom is -0.292 e. The predicted octanol–water partition coefficient (Wildman–Crippen LogP) is 6.06. The van der Waals surface area contributed by atoms with E-state index >= 15 is 0 Å². The molecule has 1 heterocycles. The monoisotopic (exact) mass is 554 g/mol. The maximum absolute atomic E-state index is 13.9. The molecule has 1 saturated carbocycles. The van der Waals surface area contributed by atoms with Crippen molar-refractivity contribution in [3.05, 3.63) is 68.7 Å². The number of benzene rings is 2. The molecule has 2 aromatic carbocycles. The van der Waals surface area contributed by atoms with Gasteiger partial charge in [0.15, 0.2) is 5.78 Å². The normalized spacial score (nSPS) is 20.5. The summed E-state index contributed by atoms with van der Waals surface area (Å²) in [6.07, 6.45) is 2.79. The second-order valence-corrected chi connectivity index (χ2v) is 10.3. The second-order valence-electron chi connectivity index (χ2n) is 8.63. The highest BCUT2D eigenvalue weighted by Gasteiger charge is 2.53. The van der Waals surface area contributed by atoms with E-state index in [0.29, 0.717) is 17.9 Å². The summed E-state index contributed by atoms with van der Waals surface area (Å²) in [5.74, 6) is -3.15. The lowest BCUT2D eigenvalue weighted by atomic mass is 9.81. The van der Waals surface area contributed by atoms with Crippen LogP contribution in [0.1, 0.15) is 52.8 Å². The summed E-state index contributed by atoms with van der Waals surface area (Å²) in [4.78, 5) is 54.4. The third-order valence-electron chi connectivity index (χ3n) is 6.52. The fraction of sp³-hybridized carbons (Fsp3) is 0.360. The van der Waals surface area contributed by atoms with Crippen LogP contribution in [0.2, 0.25) is 15.1 Å². The van der Waals surface area contributed by atoms with Gasteiger partial charge in [-0.15, -0.1) is 11.6 Å². The molecular weight excluding hydrogens is 534 g/mol. The molecule has 0 radical (unpaired) electrons. The molecule has 3 atom stereocenters. The summed E-state index contributed by atoms with van der Waals surface area (Å²) < 4.78 is 0. The molecule has 4 rings (SSSR count). The third-order valence-corrected chi connectivity index (χ3v) is 7.73. The number of carbonyl (C=O) groups excluding carboxylic acids is 4. The molecule has 184 valence electrons. The number of hydrogen-bond donors (Lipinski definition) is 0. The van der Waals surface area contributed by atoms with Crippen molar-refractivity contribution in [2.24, 2.45) is 11.8 Å². The molecular formula is C25H22Cl4N2O4. The number of Topliss-reactive ketones (excluding diaryl/α,β-unsaturated/α-hetero) is 1. The number of nitrogens with zero attached hydrogens (tertiary/aromatic N) is 2. The van der Waals surface area contributed by atoms with E-state index in [1.807, 2.05) is 0 Å². The average Bonchev–Trinajstić information content (AvgIpc) is 3.10. The van der Waals surface area contributed by atoms with Crippen molar-refractivity contribution in [1.29, 1.82) is 0 Å². The van der Waals surface area contributed by atoms with E-state index in [4.69, 9.17) is 46.4 Å². The van der Waals surface area contributed by atoms with Crippen molar-refractivity contribution in [1.82, 2.24) is 10.0 Å². The zero-order valence-electron chi connectivity index (χ0n) is 18.6. The van der Waals surface area contributed by atoms with Gasteiger partial charge >= 0.3 is 0 Å². The number of alkyl halides is 1. The lowest BCUT2D eigenvalue weighted by Gasteiger charge is -2.36. The van der Waals surface area contributed by atoms with Crippen molar-refractivity contribution in [3.8, 4) is 0 Å². The van der Waals surface area contributed by atoms with Gasteiger partial charge in [0.1, 0.15) is 6.04 Å². The van der Waals surface area contributed by atoms with Crippen LogP contribution >= 0.6 is 46.4 Å². The molecule has 2 aromatic rings. The van der Waals surface area contributed by atoms with Gasteiger partial charge in [0.05, 0.1) is 21.9 Å². The highest BCUT2D eigenvalue weighted by atomic mass is 35.5. The quantitative estimate of drug-likeness (QED) is 0.236. The number of hydrazine groups is 1. The molecule has 3 amide bonds. The first-order valence-electron chi connectivity index (χ1n) is 11.3. The predicted molar refractivity (Wildman–Crippen MR) is 135 cm³/mol. The number of carbonyl (C=O) groups is 4. The number of halogens is 4. The zero-order chi connectivity index (χ0) is 25.3. The van der Waals surface area contributed by atoms with Gasteiger partial charge in [-0.25, -0.2) is 5.01 Å². The van der Waals surface area contributed by atoms with Gasteiger partial charge in [-0.3, -0.25) is 19.2 Å². The Bertz CT molecular complexity index is 1150. The Morgan fingerprint density at radius 1 is 0.886 bits per heavy atom. The van der Waals surface area contributed by atoms with E-state index in [1.54, 1.807) is 12.1 Å². The van der Waals surface area contributed by atoms with E-state index in [2.05, 4.69) is 0 Å². The first-order valence-corrected chi connectivity index (χ1v) is 12.9. The van der Waals surface area contributed by atoms with Crippen LogP contribution in [0.4, 0.5) is 0 Å². The molecule has 6 nitrogen and oxygen atoms in total. The van der Waals surface area contributed by atoms with Crippen LogP contribution in [-0.2, 0) is 9.59 Å². The Kier molecular flexibility index (Phi) is 8.06. The molecule has 0 bridgehead atoms. The van der Waals surface area contributed by atoms with Crippen molar-refractivity contribution < 1.29 is 19.2 Å². The minimum atomic E-state index is -1.20. The van der Waals surface area contributed by atoms with Crippen LogP contribution in [0.25, 0.3) is 0 Å². The number of amides is 3. The summed E-state index contributed by atoms with van der Waals surface area (Å²) in [7, 11) is 0. The highest BCUT2D eigenvalue weighted by Crippen LogP contribution is 2.40. The summed E-state index contributed by atoms with van der Waals surface area (Å²) in [5, 5.41) is 2.65. The van der Waals surface area contributed by atoms with Gasteiger partial charge < -0.3 is 0 Å². The van der Waals surface area contributed by atoms with Gasteiger partial charge in [0.2, 0.25) is 0 Å². The molecule has 10 heteroatoms. The maximum atomic E-state index is 13.9. The number of imide groups is 1. The van der Waals surface area contributed by atoms with Gasteiger partial charge in [-0.05, 0) is 61.7 Å². The summed E-state index contributed by atoms with van der Waals surface area (Å²) in [5.41, 5.74) is 0.353. The molecule has 0 N–H and O–H groups in total. The van der Waals surface area contributed by atoms with E-state index in [9.17, 15) is 19.2 Å². The van der Waals surface area contributed by atoms with E-state index < -0.39 is 41.4 Å². The molecule has 3 unspecified atom stereocenters. The van der Waals surface area contributed by atoms with Gasteiger partial charge in [0.25, 0.3) is 17.7 Å². The minimum absolute atomic E-state index is 0.0121. The van der Waals surface area contributed by atoms with Crippen molar-refractivity contribution in [3.63, 3.8) is 0 Å². The molecule has 2 fully saturated rings. The first kappa shape index (κ1) is 26.0. The van der Waals surface area contributed by atoms with Gasteiger partial charge in [-0.2, -0.15) is 5.01 Å². The van der Waals surface area contributed by atoms with Gasteiger partial charge in [-0.1, -0.05) is 47.6 Å². The molecule has 1 aliphatic heterocycles. The molecule has 2 aliphatic rings. The van der Waals surface area contributed by atoms with Crippen molar-refractivity contribution in [2.45, 2.75) is 38.1 Å². The first-order chi connectivity index (χ1) is 16.7. The van der Waals surface area contributed by atoms with Crippen LogP contribution in [-0.4, -0.2) is 45.4 Å². The SMILES string of the molecule is O=C(c1ccc(Cl)cc1)C(CCCl)N(C(=O)c1ccc(Cl)c(Cl)c1)N1C(=O)C2CCCCC2C1=O. The van der Waals surface area contributed by atoms with Crippen LogP contribution in [0.15, 0.2) is 42.5 Å². The van der Waals surface area contributed by atoms with Crippen LogP contribution in [0, 0.1) is 11.8 Å². The van der Waals surface area contributed by atoms with E-state index in [0.717, 1.165) is 22.9 Å². The zero-order valence-corrected chi connectivity index (χ0v) is 21.6. The van der Waals surface area contributed by atoms with Crippen LogP contribution in [0.5, 0.6) is 0 Å². The molecule has 0 aromatic heterocycles. The fourth-order valence-electron chi connectivity index (χ4n) is 4.76. The lowest BCUT2D eigenvalue weighted by molar-refractivity contribution is -0.156. The number of ketones is 1. The summed E-state index contributed by atoms with van der Waals surface area (Å²) >= 11 is 24.2.